The van der Waals surface area contributed by atoms with E-state index < -0.39 is 0 Å². The van der Waals surface area contributed by atoms with Crippen LogP contribution in [0.3, 0.4) is 0 Å². The molecule has 1 aromatic rings. The molecule has 4 heteroatoms. The number of rotatable bonds is 2. The minimum atomic E-state index is -0.187. The number of hydrogen-bond acceptors (Lipinski definition) is 2. The smallest absolute Gasteiger partial charge is 0.319 e. The summed E-state index contributed by atoms with van der Waals surface area (Å²) in [5.74, 6) is 0.813. The number of ether oxygens (including phenoxy) is 1. The first-order valence-electron chi connectivity index (χ1n) is 6.42. The molecule has 2 amide bonds. The monoisotopic (exact) mass is 246 g/mol. The van der Waals surface area contributed by atoms with Gasteiger partial charge in [0.1, 0.15) is 11.4 Å². The number of anilines is 1. The van der Waals surface area contributed by atoms with Gasteiger partial charge in [0.15, 0.2) is 0 Å². The van der Waals surface area contributed by atoms with Gasteiger partial charge in [-0.25, -0.2) is 4.79 Å². The van der Waals surface area contributed by atoms with Gasteiger partial charge in [-0.1, -0.05) is 12.1 Å². The van der Waals surface area contributed by atoms with Crippen LogP contribution in [0.2, 0.25) is 0 Å². The summed E-state index contributed by atoms with van der Waals surface area (Å²) in [7, 11) is 0. The summed E-state index contributed by atoms with van der Waals surface area (Å²) in [6.07, 6.45) is 3.05. The zero-order valence-electron chi connectivity index (χ0n) is 10.7. The standard InChI is InChI=1S/C14H18N2O2/c1-14(2)8-9-4-3-5-11(12(9)18-14)16-13(17)15-10-6-7-10/h3-5,10H,6-8H2,1-2H3,(H2,15,16,17). The van der Waals surface area contributed by atoms with Crippen molar-refractivity contribution in [2.24, 2.45) is 0 Å². The highest BCUT2D eigenvalue weighted by molar-refractivity contribution is 5.91. The molecule has 0 atom stereocenters. The van der Waals surface area contributed by atoms with Crippen molar-refractivity contribution < 1.29 is 9.53 Å². The molecule has 1 saturated carbocycles. The van der Waals surface area contributed by atoms with Crippen LogP contribution in [0, 0.1) is 0 Å². The Morgan fingerprint density at radius 3 is 2.89 bits per heavy atom. The Kier molecular flexibility index (Phi) is 2.47. The number of fused-ring (bicyclic) bond motifs is 1. The number of amides is 2. The van der Waals surface area contributed by atoms with Crippen molar-refractivity contribution in [3.63, 3.8) is 0 Å². The van der Waals surface area contributed by atoms with E-state index in [2.05, 4.69) is 24.5 Å². The summed E-state index contributed by atoms with van der Waals surface area (Å²) in [6.45, 7) is 4.11. The second-order valence-electron chi connectivity index (χ2n) is 5.71. The van der Waals surface area contributed by atoms with Gasteiger partial charge in [0.05, 0.1) is 5.69 Å². The van der Waals surface area contributed by atoms with Gasteiger partial charge >= 0.3 is 6.03 Å². The van der Waals surface area contributed by atoms with E-state index in [1.807, 2.05) is 18.2 Å². The van der Waals surface area contributed by atoms with Crippen LogP contribution >= 0.6 is 0 Å². The van der Waals surface area contributed by atoms with Crippen LogP contribution < -0.4 is 15.4 Å². The average Bonchev–Trinajstić information content (AvgIpc) is 3.00. The van der Waals surface area contributed by atoms with Crippen molar-refractivity contribution in [1.82, 2.24) is 5.32 Å². The Bertz CT molecular complexity index is 493. The lowest BCUT2D eigenvalue weighted by Gasteiger charge is -2.18. The van der Waals surface area contributed by atoms with E-state index in [9.17, 15) is 4.79 Å². The highest BCUT2D eigenvalue weighted by Gasteiger charge is 2.32. The fourth-order valence-electron chi connectivity index (χ4n) is 2.29. The van der Waals surface area contributed by atoms with Crippen molar-refractivity contribution in [1.29, 1.82) is 0 Å². The van der Waals surface area contributed by atoms with Crippen molar-refractivity contribution in [3.05, 3.63) is 23.8 Å². The summed E-state index contributed by atoms with van der Waals surface area (Å²) in [5, 5.41) is 5.78. The molecule has 2 N–H and O–H groups in total. The predicted molar refractivity (Wildman–Crippen MR) is 70.0 cm³/mol. The highest BCUT2D eigenvalue weighted by atomic mass is 16.5. The van der Waals surface area contributed by atoms with Gasteiger partial charge in [0, 0.05) is 18.0 Å². The van der Waals surface area contributed by atoms with E-state index in [0.29, 0.717) is 6.04 Å². The van der Waals surface area contributed by atoms with Crippen LogP contribution in [-0.2, 0) is 6.42 Å². The summed E-state index contributed by atoms with van der Waals surface area (Å²) in [4.78, 5) is 11.7. The topological polar surface area (TPSA) is 50.4 Å². The summed E-state index contributed by atoms with van der Waals surface area (Å²) in [5.41, 5.74) is 1.73. The molecule has 1 heterocycles. The Morgan fingerprint density at radius 2 is 2.17 bits per heavy atom. The molecule has 1 aromatic carbocycles. The van der Waals surface area contributed by atoms with Crippen LogP contribution in [-0.4, -0.2) is 17.7 Å². The van der Waals surface area contributed by atoms with Crippen LogP contribution in [0.15, 0.2) is 18.2 Å². The molecule has 3 rings (SSSR count). The molecular formula is C14H18N2O2. The summed E-state index contributed by atoms with van der Waals surface area (Å²) >= 11 is 0. The van der Waals surface area contributed by atoms with Crippen LogP contribution in [0.25, 0.3) is 0 Å². The maximum atomic E-state index is 11.7. The van der Waals surface area contributed by atoms with E-state index in [-0.39, 0.29) is 11.6 Å². The van der Waals surface area contributed by atoms with Crippen molar-refractivity contribution in [3.8, 4) is 5.75 Å². The Morgan fingerprint density at radius 1 is 1.39 bits per heavy atom. The molecule has 96 valence electrons. The minimum absolute atomic E-state index is 0.140. The lowest BCUT2D eigenvalue weighted by atomic mass is 10.0. The van der Waals surface area contributed by atoms with Crippen molar-refractivity contribution in [2.45, 2.75) is 44.8 Å². The minimum Gasteiger partial charge on any atom is -0.485 e. The van der Waals surface area contributed by atoms with Crippen molar-refractivity contribution >= 4 is 11.7 Å². The lowest BCUT2D eigenvalue weighted by molar-refractivity contribution is 0.139. The van der Waals surface area contributed by atoms with Gasteiger partial charge in [-0.2, -0.15) is 0 Å². The Hall–Kier alpha value is -1.71. The summed E-state index contributed by atoms with van der Waals surface area (Å²) < 4.78 is 5.90. The third-order valence-corrected chi connectivity index (χ3v) is 3.25. The van der Waals surface area contributed by atoms with Gasteiger partial charge in [-0.3, -0.25) is 0 Å². The predicted octanol–water partition coefficient (Wildman–Crippen LogP) is 2.68. The van der Waals surface area contributed by atoms with Gasteiger partial charge in [0.2, 0.25) is 0 Å². The second kappa shape index (κ2) is 3.90. The zero-order chi connectivity index (χ0) is 12.8. The van der Waals surface area contributed by atoms with Gasteiger partial charge in [-0.15, -0.1) is 0 Å². The van der Waals surface area contributed by atoms with Crippen LogP contribution in [0.5, 0.6) is 5.75 Å². The summed E-state index contributed by atoms with van der Waals surface area (Å²) in [6, 6.07) is 6.11. The first-order valence-corrected chi connectivity index (χ1v) is 6.42. The van der Waals surface area contributed by atoms with Gasteiger partial charge in [-0.05, 0) is 32.8 Å². The maximum absolute atomic E-state index is 11.7. The van der Waals surface area contributed by atoms with E-state index in [1.165, 1.54) is 0 Å². The molecule has 0 aromatic heterocycles. The molecule has 0 bridgehead atoms. The second-order valence-corrected chi connectivity index (χ2v) is 5.71. The molecule has 4 nitrogen and oxygen atoms in total. The Labute approximate surface area is 107 Å². The number of urea groups is 1. The highest BCUT2D eigenvalue weighted by Crippen LogP contribution is 2.40. The molecule has 0 radical (unpaired) electrons. The molecule has 1 aliphatic heterocycles. The van der Waals surface area contributed by atoms with E-state index in [1.54, 1.807) is 0 Å². The number of para-hydroxylation sites is 1. The van der Waals surface area contributed by atoms with E-state index >= 15 is 0 Å². The first-order chi connectivity index (χ1) is 8.53. The number of nitrogens with one attached hydrogen (secondary N) is 2. The molecule has 2 aliphatic rings. The van der Waals surface area contributed by atoms with Crippen molar-refractivity contribution in [2.75, 3.05) is 5.32 Å². The number of carbonyl (C=O) groups is 1. The molecule has 0 unspecified atom stereocenters. The number of hydrogen-bond donors (Lipinski definition) is 2. The zero-order valence-corrected chi connectivity index (χ0v) is 10.7. The fraction of sp³-hybridized carbons (Fsp3) is 0.500. The largest absolute Gasteiger partial charge is 0.485 e. The number of carbonyl (C=O) groups excluding carboxylic acids is 1. The molecule has 18 heavy (non-hydrogen) atoms. The lowest BCUT2D eigenvalue weighted by Crippen LogP contribution is -2.30. The SMILES string of the molecule is CC1(C)Cc2cccc(NC(=O)NC3CC3)c2O1. The fourth-order valence-corrected chi connectivity index (χ4v) is 2.29. The molecule has 0 spiro atoms. The Balaban J connectivity index is 1.77. The van der Waals surface area contributed by atoms with E-state index in [0.717, 1.165) is 36.3 Å². The third-order valence-electron chi connectivity index (χ3n) is 3.25. The number of benzene rings is 1. The van der Waals surface area contributed by atoms with Gasteiger partial charge in [0.25, 0.3) is 0 Å². The first kappa shape index (κ1) is 11.4. The molecule has 1 fully saturated rings. The third kappa shape index (κ3) is 2.28. The molecular weight excluding hydrogens is 228 g/mol. The maximum Gasteiger partial charge on any atom is 0.319 e. The molecule has 1 aliphatic carbocycles. The average molecular weight is 246 g/mol. The normalized spacial score (nSPS) is 19.9. The van der Waals surface area contributed by atoms with E-state index in [4.69, 9.17) is 4.74 Å². The van der Waals surface area contributed by atoms with Crippen LogP contribution in [0.4, 0.5) is 10.5 Å². The quantitative estimate of drug-likeness (QED) is 0.843. The van der Waals surface area contributed by atoms with Gasteiger partial charge < -0.3 is 15.4 Å². The molecule has 0 saturated heterocycles. The van der Waals surface area contributed by atoms with Crippen LogP contribution in [0.1, 0.15) is 32.3 Å².